The number of aryl methyl sites for hydroxylation is 1. The van der Waals surface area contributed by atoms with Gasteiger partial charge in [-0.05, 0) is 36.1 Å². The minimum atomic E-state index is -0.0556. The van der Waals surface area contributed by atoms with E-state index in [-0.39, 0.29) is 11.7 Å². The van der Waals surface area contributed by atoms with E-state index in [2.05, 4.69) is 0 Å². The van der Waals surface area contributed by atoms with Crippen molar-refractivity contribution in [2.45, 2.75) is 18.8 Å². The lowest BCUT2D eigenvalue weighted by Gasteiger charge is -2.10. The lowest BCUT2D eigenvalue weighted by Crippen LogP contribution is -2.02. The molecule has 0 aromatic heterocycles. The summed E-state index contributed by atoms with van der Waals surface area (Å²) in [7, 11) is 0. The molecule has 0 aliphatic heterocycles. The largest absolute Gasteiger partial charge is 0.508 e. The van der Waals surface area contributed by atoms with Gasteiger partial charge in [-0.2, -0.15) is 0 Å². The molecule has 0 fully saturated rings. The zero-order valence-electron chi connectivity index (χ0n) is 10.1. The monoisotopic (exact) mass is 240 g/mol. The molecular weight excluding hydrogens is 224 g/mol. The van der Waals surface area contributed by atoms with Gasteiger partial charge < -0.3 is 9.90 Å². The van der Waals surface area contributed by atoms with Crippen LogP contribution in [-0.4, -0.2) is 11.4 Å². The van der Waals surface area contributed by atoms with Gasteiger partial charge in [-0.3, -0.25) is 0 Å². The maximum absolute atomic E-state index is 11.1. The van der Waals surface area contributed by atoms with Crippen LogP contribution in [0.3, 0.4) is 0 Å². The summed E-state index contributed by atoms with van der Waals surface area (Å²) in [4.78, 5) is 11.1. The van der Waals surface area contributed by atoms with Crippen molar-refractivity contribution in [2.24, 2.45) is 0 Å². The van der Waals surface area contributed by atoms with Gasteiger partial charge in [0.05, 0.1) is 0 Å². The van der Waals surface area contributed by atoms with Crippen LogP contribution < -0.4 is 0 Å². The Balaban J connectivity index is 2.00. The predicted octanol–water partition coefficient (Wildman–Crippen LogP) is 3.31. The summed E-state index contributed by atoms with van der Waals surface area (Å²) >= 11 is 0. The van der Waals surface area contributed by atoms with Crippen LogP contribution in [-0.2, 0) is 11.2 Å². The van der Waals surface area contributed by atoms with Crippen molar-refractivity contribution in [1.82, 2.24) is 0 Å². The Labute approximate surface area is 107 Å². The van der Waals surface area contributed by atoms with Crippen molar-refractivity contribution in [2.75, 3.05) is 0 Å². The Morgan fingerprint density at radius 1 is 1.00 bits per heavy atom. The summed E-state index contributed by atoms with van der Waals surface area (Å²) in [6, 6.07) is 16.9. The molecule has 1 N–H and O–H groups in total. The molecule has 2 aromatic rings. The summed E-state index contributed by atoms with van der Waals surface area (Å²) in [6.45, 7) is 0. The molecule has 0 saturated heterocycles. The first-order chi connectivity index (χ1) is 8.79. The molecule has 1 atom stereocenters. The number of phenolic OH excluding ortho intramolecular Hbond substituents is 1. The van der Waals surface area contributed by atoms with E-state index in [9.17, 15) is 9.90 Å². The first-order valence-corrected chi connectivity index (χ1v) is 6.08. The molecule has 18 heavy (non-hydrogen) atoms. The van der Waals surface area contributed by atoms with Crippen LogP contribution in [0.5, 0.6) is 5.75 Å². The summed E-state index contributed by atoms with van der Waals surface area (Å²) in [6.07, 6.45) is 2.63. The van der Waals surface area contributed by atoms with E-state index in [1.807, 2.05) is 42.5 Å². The van der Waals surface area contributed by atoms with Crippen molar-refractivity contribution in [3.05, 3.63) is 65.7 Å². The second-order valence-electron chi connectivity index (χ2n) is 4.36. The number of benzene rings is 2. The van der Waals surface area contributed by atoms with E-state index >= 15 is 0 Å². The molecule has 0 saturated carbocycles. The fraction of sp³-hybridized carbons (Fsp3) is 0.188. The quantitative estimate of drug-likeness (QED) is 0.814. The Morgan fingerprint density at radius 3 is 2.28 bits per heavy atom. The third-order valence-electron chi connectivity index (χ3n) is 3.07. The van der Waals surface area contributed by atoms with E-state index in [0.717, 1.165) is 30.3 Å². The summed E-state index contributed by atoms with van der Waals surface area (Å²) in [5.74, 6) is 0.216. The van der Waals surface area contributed by atoms with Gasteiger partial charge in [0, 0.05) is 5.92 Å². The third kappa shape index (κ3) is 3.20. The molecule has 0 amide bonds. The first-order valence-electron chi connectivity index (χ1n) is 6.08. The van der Waals surface area contributed by atoms with Gasteiger partial charge in [0.2, 0.25) is 0 Å². The Hall–Kier alpha value is -2.09. The number of phenols is 1. The molecule has 0 aliphatic carbocycles. The number of carbonyl (C=O) groups excluding carboxylic acids is 1. The highest BCUT2D eigenvalue weighted by molar-refractivity contribution is 5.62. The van der Waals surface area contributed by atoms with E-state index in [1.165, 1.54) is 0 Å². The van der Waals surface area contributed by atoms with E-state index in [1.54, 1.807) is 12.1 Å². The van der Waals surface area contributed by atoms with Crippen molar-refractivity contribution in [1.29, 1.82) is 0 Å². The van der Waals surface area contributed by atoms with Gasteiger partial charge in [0.1, 0.15) is 12.0 Å². The third-order valence-corrected chi connectivity index (χ3v) is 3.07. The van der Waals surface area contributed by atoms with Crippen LogP contribution >= 0.6 is 0 Å². The van der Waals surface area contributed by atoms with Crippen molar-refractivity contribution in [3.8, 4) is 5.75 Å². The summed E-state index contributed by atoms with van der Waals surface area (Å²) in [5.41, 5.74) is 2.20. The smallest absolute Gasteiger partial charge is 0.127 e. The number of hydrogen-bond acceptors (Lipinski definition) is 2. The molecule has 0 aliphatic rings. The molecule has 2 nitrogen and oxygen atoms in total. The normalized spacial score (nSPS) is 12.0. The maximum atomic E-state index is 11.1. The topological polar surface area (TPSA) is 37.3 Å². The highest BCUT2D eigenvalue weighted by atomic mass is 16.3. The Morgan fingerprint density at radius 2 is 1.67 bits per heavy atom. The first kappa shape index (κ1) is 12.4. The number of aromatic hydroxyl groups is 1. The molecule has 2 rings (SSSR count). The van der Waals surface area contributed by atoms with Crippen LogP contribution in [0.1, 0.15) is 23.5 Å². The van der Waals surface area contributed by atoms with E-state index in [0.29, 0.717) is 0 Å². The summed E-state index contributed by atoms with van der Waals surface area (Å²) < 4.78 is 0. The molecule has 1 unspecified atom stereocenters. The van der Waals surface area contributed by atoms with E-state index < -0.39 is 0 Å². The zero-order chi connectivity index (χ0) is 12.8. The second-order valence-corrected chi connectivity index (χ2v) is 4.36. The highest BCUT2D eigenvalue weighted by Crippen LogP contribution is 2.20. The van der Waals surface area contributed by atoms with Gasteiger partial charge in [0.15, 0.2) is 0 Å². The zero-order valence-corrected chi connectivity index (χ0v) is 10.1. The fourth-order valence-electron chi connectivity index (χ4n) is 2.00. The summed E-state index contributed by atoms with van der Waals surface area (Å²) in [5, 5.41) is 9.20. The molecule has 2 heteroatoms. The van der Waals surface area contributed by atoms with Crippen LogP contribution in [0.4, 0.5) is 0 Å². The molecule has 92 valence electrons. The number of hydrogen-bond donors (Lipinski definition) is 1. The van der Waals surface area contributed by atoms with Gasteiger partial charge in [0.25, 0.3) is 0 Å². The minimum Gasteiger partial charge on any atom is -0.508 e. The Bertz CT molecular complexity index is 488. The molecule has 0 spiro atoms. The van der Waals surface area contributed by atoms with Crippen molar-refractivity contribution >= 4 is 6.29 Å². The highest BCUT2D eigenvalue weighted by Gasteiger charge is 2.09. The fourth-order valence-corrected chi connectivity index (χ4v) is 2.00. The molecule has 0 heterocycles. The average Bonchev–Trinajstić information content (AvgIpc) is 2.43. The van der Waals surface area contributed by atoms with Gasteiger partial charge in [-0.15, -0.1) is 0 Å². The SMILES string of the molecule is O=CC(CCc1ccc(O)cc1)c1ccccc1. The van der Waals surface area contributed by atoms with Crippen LogP contribution in [0, 0.1) is 0 Å². The van der Waals surface area contributed by atoms with Gasteiger partial charge in [-0.25, -0.2) is 0 Å². The second kappa shape index (κ2) is 6.01. The van der Waals surface area contributed by atoms with Crippen molar-refractivity contribution < 1.29 is 9.90 Å². The molecule has 2 aromatic carbocycles. The number of carbonyl (C=O) groups is 1. The lowest BCUT2D eigenvalue weighted by molar-refractivity contribution is -0.109. The molecule has 0 radical (unpaired) electrons. The van der Waals surface area contributed by atoms with Crippen molar-refractivity contribution in [3.63, 3.8) is 0 Å². The minimum absolute atomic E-state index is 0.0556. The molecular formula is C16H16O2. The van der Waals surface area contributed by atoms with Gasteiger partial charge in [-0.1, -0.05) is 42.5 Å². The van der Waals surface area contributed by atoms with E-state index in [4.69, 9.17) is 0 Å². The maximum Gasteiger partial charge on any atom is 0.127 e. The number of aldehydes is 1. The lowest BCUT2D eigenvalue weighted by atomic mass is 9.94. The molecule has 0 bridgehead atoms. The van der Waals surface area contributed by atoms with Crippen LogP contribution in [0.15, 0.2) is 54.6 Å². The van der Waals surface area contributed by atoms with Gasteiger partial charge >= 0.3 is 0 Å². The van der Waals surface area contributed by atoms with Crippen LogP contribution in [0.25, 0.3) is 0 Å². The standard InChI is InChI=1S/C16H16O2/c17-12-15(14-4-2-1-3-5-14)9-6-13-7-10-16(18)11-8-13/h1-5,7-8,10-12,15,18H,6,9H2. The van der Waals surface area contributed by atoms with Crippen LogP contribution in [0.2, 0.25) is 0 Å². The predicted molar refractivity (Wildman–Crippen MR) is 71.7 cm³/mol. The Kier molecular flexibility index (Phi) is 4.13. The average molecular weight is 240 g/mol. The number of rotatable bonds is 5.